The molecule has 94 valence electrons. The van der Waals surface area contributed by atoms with Crippen LogP contribution in [0.25, 0.3) is 0 Å². The molecule has 0 saturated heterocycles. The summed E-state index contributed by atoms with van der Waals surface area (Å²) in [5, 5.41) is 5.88. The van der Waals surface area contributed by atoms with Crippen molar-refractivity contribution in [3.63, 3.8) is 0 Å². The largest absolute Gasteiger partial charge is 0.376 e. The molecule has 0 unspecified atom stereocenters. The van der Waals surface area contributed by atoms with Crippen molar-refractivity contribution in [2.24, 2.45) is 0 Å². The van der Waals surface area contributed by atoms with E-state index in [4.69, 9.17) is 0 Å². The second-order valence-corrected chi connectivity index (χ2v) is 3.86. The Balaban J connectivity index is 1.63. The van der Waals surface area contributed by atoms with Gasteiger partial charge in [-0.3, -0.25) is 4.79 Å². The normalized spacial score (nSPS) is 10.0. The van der Waals surface area contributed by atoms with Gasteiger partial charge in [-0.05, 0) is 12.1 Å². The van der Waals surface area contributed by atoms with Crippen molar-refractivity contribution >= 4 is 11.6 Å². The minimum atomic E-state index is -0.0228. The fourth-order valence-electron chi connectivity index (χ4n) is 1.56. The highest BCUT2D eigenvalue weighted by Crippen LogP contribution is 2.03. The SMILES string of the molecule is O=C(CNc1ccccc1)NCCc1ncc[nH]1. The van der Waals surface area contributed by atoms with Crippen LogP contribution >= 0.6 is 0 Å². The summed E-state index contributed by atoms with van der Waals surface area (Å²) in [6.45, 7) is 0.866. The number of aromatic nitrogens is 2. The summed E-state index contributed by atoms with van der Waals surface area (Å²) < 4.78 is 0. The van der Waals surface area contributed by atoms with Gasteiger partial charge in [0.1, 0.15) is 5.82 Å². The molecule has 0 saturated carbocycles. The monoisotopic (exact) mass is 244 g/mol. The zero-order chi connectivity index (χ0) is 12.6. The first kappa shape index (κ1) is 12.2. The molecule has 3 N–H and O–H groups in total. The molecule has 1 heterocycles. The summed E-state index contributed by atoms with van der Waals surface area (Å²) in [6.07, 6.45) is 4.19. The molecule has 18 heavy (non-hydrogen) atoms. The fourth-order valence-corrected chi connectivity index (χ4v) is 1.56. The minimum absolute atomic E-state index is 0.0228. The van der Waals surface area contributed by atoms with Crippen molar-refractivity contribution in [2.75, 3.05) is 18.4 Å². The molecule has 0 bridgehead atoms. The lowest BCUT2D eigenvalue weighted by Crippen LogP contribution is -2.31. The van der Waals surface area contributed by atoms with Crippen LogP contribution < -0.4 is 10.6 Å². The molecule has 0 spiro atoms. The lowest BCUT2D eigenvalue weighted by atomic mass is 10.3. The lowest BCUT2D eigenvalue weighted by Gasteiger charge is -2.06. The van der Waals surface area contributed by atoms with Crippen LogP contribution in [0.4, 0.5) is 5.69 Å². The Morgan fingerprint density at radius 3 is 2.83 bits per heavy atom. The number of nitrogens with one attached hydrogen (secondary N) is 3. The number of hydrogen-bond acceptors (Lipinski definition) is 3. The molecule has 1 amide bonds. The Kier molecular flexibility index (Phi) is 4.35. The maximum atomic E-state index is 11.5. The minimum Gasteiger partial charge on any atom is -0.376 e. The quantitative estimate of drug-likeness (QED) is 0.714. The standard InChI is InChI=1S/C13H16N4O/c18-13(10-17-11-4-2-1-3-5-11)16-7-6-12-14-8-9-15-12/h1-5,8-9,17H,6-7,10H2,(H,14,15)(H,16,18). The number of carbonyl (C=O) groups is 1. The Morgan fingerprint density at radius 2 is 2.11 bits per heavy atom. The van der Waals surface area contributed by atoms with Gasteiger partial charge in [0.15, 0.2) is 0 Å². The highest BCUT2D eigenvalue weighted by Gasteiger charge is 2.01. The molecule has 1 aromatic heterocycles. The Bertz CT molecular complexity index is 467. The van der Waals surface area contributed by atoms with Crippen molar-refractivity contribution in [3.8, 4) is 0 Å². The lowest BCUT2D eigenvalue weighted by molar-refractivity contribution is -0.119. The van der Waals surface area contributed by atoms with Gasteiger partial charge in [0.25, 0.3) is 0 Å². The average Bonchev–Trinajstić information content (AvgIpc) is 2.91. The van der Waals surface area contributed by atoms with Crippen LogP contribution in [0.3, 0.4) is 0 Å². The van der Waals surface area contributed by atoms with E-state index in [2.05, 4.69) is 20.6 Å². The number of aromatic amines is 1. The first-order valence-electron chi connectivity index (χ1n) is 5.88. The summed E-state index contributed by atoms with van der Waals surface area (Å²) >= 11 is 0. The van der Waals surface area contributed by atoms with Crippen LogP contribution in [-0.4, -0.2) is 29.0 Å². The summed E-state index contributed by atoms with van der Waals surface area (Å²) in [7, 11) is 0. The molecule has 5 heteroatoms. The molecule has 0 aliphatic rings. The van der Waals surface area contributed by atoms with E-state index in [9.17, 15) is 4.79 Å². The highest BCUT2D eigenvalue weighted by molar-refractivity contribution is 5.80. The number of imidazole rings is 1. The molecule has 0 aliphatic heterocycles. The smallest absolute Gasteiger partial charge is 0.239 e. The van der Waals surface area contributed by atoms with Crippen molar-refractivity contribution in [1.82, 2.24) is 15.3 Å². The van der Waals surface area contributed by atoms with Gasteiger partial charge in [-0.15, -0.1) is 0 Å². The van der Waals surface area contributed by atoms with Gasteiger partial charge in [0.2, 0.25) is 5.91 Å². The van der Waals surface area contributed by atoms with Gasteiger partial charge in [-0.25, -0.2) is 4.98 Å². The topological polar surface area (TPSA) is 69.8 Å². The van der Waals surface area contributed by atoms with Gasteiger partial charge in [0, 0.05) is 31.0 Å². The fraction of sp³-hybridized carbons (Fsp3) is 0.231. The predicted molar refractivity (Wildman–Crippen MR) is 70.2 cm³/mol. The van der Waals surface area contributed by atoms with Crippen molar-refractivity contribution in [3.05, 3.63) is 48.5 Å². The highest BCUT2D eigenvalue weighted by atomic mass is 16.1. The number of amides is 1. The van der Waals surface area contributed by atoms with E-state index >= 15 is 0 Å². The molecular weight excluding hydrogens is 228 g/mol. The number of hydrogen-bond donors (Lipinski definition) is 3. The number of nitrogens with zero attached hydrogens (tertiary/aromatic N) is 1. The van der Waals surface area contributed by atoms with Gasteiger partial charge >= 0.3 is 0 Å². The Hall–Kier alpha value is -2.30. The third-order valence-electron chi connectivity index (χ3n) is 2.47. The maximum Gasteiger partial charge on any atom is 0.239 e. The van der Waals surface area contributed by atoms with Gasteiger partial charge < -0.3 is 15.6 Å². The van der Waals surface area contributed by atoms with E-state index in [-0.39, 0.29) is 12.5 Å². The number of H-pyrrole nitrogens is 1. The van der Waals surface area contributed by atoms with Crippen molar-refractivity contribution < 1.29 is 4.79 Å². The Morgan fingerprint density at radius 1 is 1.28 bits per heavy atom. The average molecular weight is 244 g/mol. The number of para-hydroxylation sites is 1. The van der Waals surface area contributed by atoms with E-state index in [0.29, 0.717) is 13.0 Å². The zero-order valence-corrected chi connectivity index (χ0v) is 10.0. The predicted octanol–water partition coefficient (Wildman–Crippen LogP) is 1.18. The van der Waals surface area contributed by atoms with Crippen LogP contribution in [-0.2, 0) is 11.2 Å². The van der Waals surface area contributed by atoms with E-state index in [1.54, 1.807) is 12.4 Å². The van der Waals surface area contributed by atoms with Crippen molar-refractivity contribution in [1.29, 1.82) is 0 Å². The van der Waals surface area contributed by atoms with Gasteiger partial charge in [0.05, 0.1) is 6.54 Å². The van der Waals surface area contributed by atoms with Gasteiger partial charge in [-0.2, -0.15) is 0 Å². The molecule has 1 aromatic carbocycles. The summed E-state index contributed by atoms with van der Waals surface area (Å²) in [6, 6.07) is 9.65. The number of anilines is 1. The third kappa shape index (κ3) is 3.93. The molecular formula is C13H16N4O. The molecule has 0 atom stereocenters. The third-order valence-corrected chi connectivity index (χ3v) is 2.47. The van der Waals surface area contributed by atoms with Crippen LogP contribution in [0.5, 0.6) is 0 Å². The Labute approximate surface area is 106 Å². The number of benzene rings is 1. The first-order valence-corrected chi connectivity index (χ1v) is 5.88. The van der Waals surface area contributed by atoms with E-state index < -0.39 is 0 Å². The molecule has 5 nitrogen and oxygen atoms in total. The van der Waals surface area contributed by atoms with E-state index in [1.807, 2.05) is 30.3 Å². The molecule has 2 aromatic rings. The number of rotatable bonds is 6. The van der Waals surface area contributed by atoms with Crippen LogP contribution in [0.15, 0.2) is 42.7 Å². The molecule has 0 fully saturated rings. The number of carbonyl (C=O) groups excluding carboxylic acids is 1. The van der Waals surface area contributed by atoms with Crippen LogP contribution in [0, 0.1) is 0 Å². The molecule has 2 rings (SSSR count). The van der Waals surface area contributed by atoms with Crippen molar-refractivity contribution in [2.45, 2.75) is 6.42 Å². The van der Waals surface area contributed by atoms with E-state index in [0.717, 1.165) is 11.5 Å². The summed E-state index contributed by atoms with van der Waals surface area (Å²) in [5.41, 5.74) is 0.943. The van der Waals surface area contributed by atoms with Crippen LogP contribution in [0.1, 0.15) is 5.82 Å². The molecule has 0 radical (unpaired) electrons. The summed E-state index contributed by atoms with van der Waals surface area (Å²) in [5.74, 6) is 0.858. The van der Waals surface area contributed by atoms with Gasteiger partial charge in [-0.1, -0.05) is 18.2 Å². The second kappa shape index (κ2) is 6.44. The molecule has 0 aliphatic carbocycles. The maximum absolute atomic E-state index is 11.5. The first-order chi connectivity index (χ1) is 8.84. The second-order valence-electron chi connectivity index (χ2n) is 3.86. The van der Waals surface area contributed by atoms with Crippen LogP contribution in [0.2, 0.25) is 0 Å². The zero-order valence-electron chi connectivity index (χ0n) is 10.0. The summed E-state index contributed by atoms with van der Waals surface area (Å²) in [4.78, 5) is 18.6. The van der Waals surface area contributed by atoms with E-state index in [1.165, 1.54) is 0 Å².